The summed E-state index contributed by atoms with van der Waals surface area (Å²) in [6.07, 6.45) is 5.02. The molecule has 4 rings (SSSR count). The number of pyridine rings is 1. The number of ether oxygens (including phenoxy) is 1. The number of hydrogen-bond acceptors (Lipinski definition) is 4. The van der Waals surface area contributed by atoms with Crippen LogP contribution in [-0.4, -0.2) is 55.2 Å². The van der Waals surface area contributed by atoms with Gasteiger partial charge in [0, 0.05) is 32.4 Å². The number of carbonyl (C=O) groups excluding carboxylic acids is 1. The van der Waals surface area contributed by atoms with Crippen molar-refractivity contribution in [2.75, 3.05) is 44.3 Å². The van der Waals surface area contributed by atoms with Crippen LogP contribution in [0.3, 0.4) is 0 Å². The molecule has 1 aromatic carbocycles. The van der Waals surface area contributed by atoms with E-state index in [1.807, 2.05) is 0 Å². The molecule has 0 aliphatic carbocycles. The predicted molar refractivity (Wildman–Crippen MR) is 111 cm³/mol. The van der Waals surface area contributed by atoms with Gasteiger partial charge in [-0.3, -0.25) is 4.79 Å². The monoisotopic (exact) mass is 399 g/mol. The van der Waals surface area contributed by atoms with Gasteiger partial charge < -0.3 is 14.5 Å². The van der Waals surface area contributed by atoms with Crippen LogP contribution in [0.15, 0.2) is 42.6 Å². The lowest BCUT2D eigenvalue weighted by Crippen LogP contribution is -2.40. The third-order valence-electron chi connectivity index (χ3n) is 5.67. The molecule has 3 heterocycles. The largest absolute Gasteiger partial charge is 0.378 e. The first-order chi connectivity index (χ1) is 13.7. The van der Waals surface area contributed by atoms with Crippen LogP contribution in [0.5, 0.6) is 0 Å². The average Bonchev–Trinajstić information content (AvgIpc) is 3.00. The highest BCUT2D eigenvalue weighted by Gasteiger charge is 2.23. The number of hydrogen-bond donors (Lipinski definition) is 0. The summed E-state index contributed by atoms with van der Waals surface area (Å²) in [5.41, 5.74) is 1.96. The fourth-order valence-electron chi connectivity index (χ4n) is 4.10. The molecule has 2 aliphatic rings. The Kier molecular flexibility index (Phi) is 6.13. The molecule has 0 N–H and O–H groups in total. The van der Waals surface area contributed by atoms with Crippen molar-refractivity contribution in [2.45, 2.75) is 25.2 Å². The second-order valence-electron chi connectivity index (χ2n) is 7.46. The predicted octanol–water partition coefficient (Wildman–Crippen LogP) is 3.98. The van der Waals surface area contributed by atoms with E-state index < -0.39 is 0 Å². The summed E-state index contributed by atoms with van der Waals surface area (Å²) in [4.78, 5) is 21.3. The van der Waals surface area contributed by atoms with Crippen LogP contribution in [0.25, 0.3) is 0 Å². The van der Waals surface area contributed by atoms with Crippen molar-refractivity contribution in [3.8, 4) is 0 Å². The number of carbonyl (C=O) groups is 1. The van der Waals surface area contributed by atoms with E-state index in [-0.39, 0.29) is 5.91 Å². The van der Waals surface area contributed by atoms with Crippen LogP contribution in [0.2, 0.25) is 5.02 Å². The number of halogens is 1. The normalized spacial score (nSPS) is 20.7. The highest BCUT2D eigenvalue weighted by Crippen LogP contribution is 2.32. The zero-order valence-electron chi connectivity index (χ0n) is 16.0. The Morgan fingerprint density at radius 1 is 1.07 bits per heavy atom. The van der Waals surface area contributed by atoms with Gasteiger partial charge in [-0.2, -0.15) is 0 Å². The molecule has 2 aromatic rings. The smallest absolute Gasteiger partial charge is 0.255 e. The van der Waals surface area contributed by atoms with Crippen molar-refractivity contribution in [1.82, 2.24) is 9.88 Å². The number of rotatable bonds is 3. The van der Waals surface area contributed by atoms with Gasteiger partial charge in [-0.05, 0) is 36.8 Å². The third-order valence-corrected chi connectivity index (χ3v) is 5.94. The van der Waals surface area contributed by atoms with Gasteiger partial charge in [-0.15, -0.1) is 0 Å². The summed E-state index contributed by atoms with van der Waals surface area (Å²) >= 11 is 6.55. The van der Waals surface area contributed by atoms with Crippen LogP contribution < -0.4 is 4.90 Å². The molecular formula is C22H26ClN3O2. The van der Waals surface area contributed by atoms with Crippen LogP contribution in [0, 0.1) is 0 Å². The van der Waals surface area contributed by atoms with Gasteiger partial charge in [0.2, 0.25) is 0 Å². The molecule has 0 bridgehead atoms. The summed E-state index contributed by atoms with van der Waals surface area (Å²) < 4.78 is 5.32. The zero-order valence-corrected chi connectivity index (χ0v) is 16.8. The molecule has 1 atom stereocenters. The van der Waals surface area contributed by atoms with E-state index in [4.69, 9.17) is 16.3 Å². The molecule has 0 spiro atoms. The lowest BCUT2D eigenvalue weighted by molar-refractivity contribution is 0.0302. The van der Waals surface area contributed by atoms with Gasteiger partial charge in [0.05, 0.1) is 23.8 Å². The highest BCUT2D eigenvalue weighted by atomic mass is 35.5. The van der Waals surface area contributed by atoms with Crippen LogP contribution in [0.1, 0.15) is 41.1 Å². The van der Waals surface area contributed by atoms with Crippen molar-refractivity contribution >= 4 is 23.3 Å². The van der Waals surface area contributed by atoms with E-state index >= 15 is 0 Å². The van der Waals surface area contributed by atoms with E-state index in [1.165, 1.54) is 12.0 Å². The Morgan fingerprint density at radius 3 is 2.61 bits per heavy atom. The molecule has 6 heteroatoms. The molecule has 5 nitrogen and oxygen atoms in total. The summed E-state index contributed by atoms with van der Waals surface area (Å²) in [7, 11) is 0. The van der Waals surface area contributed by atoms with Crippen molar-refractivity contribution in [2.24, 2.45) is 0 Å². The van der Waals surface area contributed by atoms with Gasteiger partial charge in [0.15, 0.2) is 0 Å². The molecule has 2 aliphatic heterocycles. The summed E-state index contributed by atoms with van der Waals surface area (Å²) in [5, 5.41) is 0.553. The molecular weight excluding hydrogens is 374 g/mol. The van der Waals surface area contributed by atoms with Crippen molar-refractivity contribution < 1.29 is 9.53 Å². The van der Waals surface area contributed by atoms with E-state index in [2.05, 4.69) is 40.2 Å². The molecule has 1 amide bonds. The van der Waals surface area contributed by atoms with E-state index in [0.29, 0.717) is 42.8 Å². The first-order valence-electron chi connectivity index (χ1n) is 10.0. The first-order valence-corrected chi connectivity index (χ1v) is 10.4. The number of aromatic nitrogens is 1. The number of benzene rings is 1. The van der Waals surface area contributed by atoms with Gasteiger partial charge in [-0.25, -0.2) is 4.98 Å². The second-order valence-corrected chi connectivity index (χ2v) is 7.87. The van der Waals surface area contributed by atoms with Crippen molar-refractivity contribution in [3.05, 3.63) is 58.7 Å². The third kappa shape index (κ3) is 4.31. The van der Waals surface area contributed by atoms with Crippen LogP contribution >= 0.6 is 11.6 Å². The lowest BCUT2D eigenvalue weighted by atomic mass is 9.92. The van der Waals surface area contributed by atoms with E-state index in [1.54, 1.807) is 17.2 Å². The van der Waals surface area contributed by atoms with E-state index in [0.717, 1.165) is 31.7 Å². The molecule has 0 saturated carbocycles. The number of morpholine rings is 1. The Hall–Kier alpha value is -2.11. The minimum Gasteiger partial charge on any atom is -0.378 e. The second kappa shape index (κ2) is 8.93. The minimum absolute atomic E-state index is 0.0238. The standard InChI is InChI=1S/C22H26ClN3O2/c23-20-15-19(22(27)26-11-13-28-14-12-26)16-24-21(20)25-9-4-7-18(8-10-25)17-5-2-1-3-6-17/h1-3,5-6,15-16,18H,4,7-14H2. The van der Waals surface area contributed by atoms with Gasteiger partial charge in [0.1, 0.15) is 5.82 Å². The minimum atomic E-state index is -0.0238. The lowest BCUT2D eigenvalue weighted by Gasteiger charge is -2.27. The van der Waals surface area contributed by atoms with Gasteiger partial charge in [0.25, 0.3) is 5.91 Å². The molecule has 28 heavy (non-hydrogen) atoms. The summed E-state index contributed by atoms with van der Waals surface area (Å²) in [6.45, 7) is 4.26. The highest BCUT2D eigenvalue weighted by molar-refractivity contribution is 6.33. The van der Waals surface area contributed by atoms with Crippen LogP contribution in [0.4, 0.5) is 5.82 Å². The number of anilines is 1. The van der Waals surface area contributed by atoms with Crippen molar-refractivity contribution in [1.29, 1.82) is 0 Å². The first kappa shape index (κ1) is 19.2. The van der Waals surface area contributed by atoms with Gasteiger partial charge >= 0.3 is 0 Å². The fourth-order valence-corrected chi connectivity index (χ4v) is 4.38. The number of amides is 1. The van der Waals surface area contributed by atoms with E-state index in [9.17, 15) is 4.79 Å². The maximum absolute atomic E-state index is 12.7. The quantitative estimate of drug-likeness (QED) is 0.783. The summed E-state index contributed by atoms with van der Waals surface area (Å²) in [5.74, 6) is 1.34. The molecule has 2 saturated heterocycles. The molecule has 1 unspecified atom stereocenters. The van der Waals surface area contributed by atoms with Crippen LogP contribution in [-0.2, 0) is 4.74 Å². The molecule has 2 fully saturated rings. The Labute approximate surface area is 171 Å². The average molecular weight is 400 g/mol. The Balaban J connectivity index is 1.45. The zero-order chi connectivity index (χ0) is 19.3. The Morgan fingerprint density at radius 2 is 1.86 bits per heavy atom. The molecule has 148 valence electrons. The number of nitrogens with zero attached hydrogens (tertiary/aromatic N) is 3. The maximum Gasteiger partial charge on any atom is 0.255 e. The SMILES string of the molecule is O=C(c1cnc(N2CCCC(c3ccccc3)CC2)c(Cl)c1)N1CCOCC1. The maximum atomic E-state index is 12.7. The van der Waals surface area contributed by atoms with Gasteiger partial charge in [-0.1, -0.05) is 41.9 Å². The fraction of sp³-hybridized carbons (Fsp3) is 0.455. The molecule has 1 aromatic heterocycles. The Bertz CT molecular complexity index is 809. The summed E-state index contributed by atoms with van der Waals surface area (Å²) in [6, 6.07) is 12.5. The molecule has 0 radical (unpaired) electrons. The topological polar surface area (TPSA) is 45.7 Å². The van der Waals surface area contributed by atoms with Crippen molar-refractivity contribution in [3.63, 3.8) is 0 Å².